The highest BCUT2D eigenvalue weighted by molar-refractivity contribution is 6.04. The zero-order valence-electron chi connectivity index (χ0n) is 11.8. The SMILES string of the molecule is CCc1cc(C#CCO)ccc1NC(=O)c1cccnc1. The van der Waals surface area contributed by atoms with E-state index in [1.54, 1.807) is 18.3 Å². The summed E-state index contributed by atoms with van der Waals surface area (Å²) in [7, 11) is 0. The standard InChI is InChI=1S/C17H16N2O2/c1-2-14-11-13(5-4-10-20)7-8-16(14)19-17(21)15-6-3-9-18-12-15/h3,6-9,11-12,20H,2,10H2,1H3,(H,19,21). The minimum absolute atomic E-state index is 0.166. The van der Waals surface area contributed by atoms with E-state index in [1.165, 1.54) is 6.20 Å². The maximum atomic E-state index is 12.1. The normalized spacial score (nSPS) is 9.62. The molecule has 4 nitrogen and oxygen atoms in total. The van der Waals surface area contributed by atoms with Gasteiger partial charge in [-0.2, -0.15) is 0 Å². The third kappa shape index (κ3) is 3.91. The Kier molecular flexibility index (Phi) is 5.08. The number of benzene rings is 1. The van der Waals surface area contributed by atoms with E-state index < -0.39 is 0 Å². The van der Waals surface area contributed by atoms with Crippen molar-refractivity contribution in [3.63, 3.8) is 0 Å². The van der Waals surface area contributed by atoms with Crippen molar-refractivity contribution in [2.75, 3.05) is 11.9 Å². The molecule has 106 valence electrons. The first-order valence-corrected chi connectivity index (χ1v) is 6.68. The van der Waals surface area contributed by atoms with Crippen molar-refractivity contribution in [3.05, 3.63) is 59.4 Å². The third-order valence-electron chi connectivity index (χ3n) is 2.97. The maximum absolute atomic E-state index is 12.1. The summed E-state index contributed by atoms with van der Waals surface area (Å²) in [5, 5.41) is 11.6. The van der Waals surface area contributed by atoms with Crippen LogP contribution in [0, 0.1) is 11.8 Å². The second-order valence-corrected chi connectivity index (χ2v) is 4.38. The van der Waals surface area contributed by atoms with Gasteiger partial charge in [0.2, 0.25) is 0 Å². The Hall–Kier alpha value is -2.64. The van der Waals surface area contributed by atoms with Crippen LogP contribution >= 0.6 is 0 Å². The molecule has 21 heavy (non-hydrogen) atoms. The average Bonchev–Trinajstić information content (AvgIpc) is 2.54. The van der Waals surface area contributed by atoms with Crippen LogP contribution in [0.25, 0.3) is 0 Å². The molecule has 1 amide bonds. The molecule has 2 rings (SSSR count). The van der Waals surface area contributed by atoms with Crippen molar-refractivity contribution < 1.29 is 9.90 Å². The van der Waals surface area contributed by atoms with Crippen LogP contribution in [-0.4, -0.2) is 22.6 Å². The number of aryl methyl sites for hydroxylation is 1. The van der Waals surface area contributed by atoms with Gasteiger partial charge < -0.3 is 10.4 Å². The zero-order chi connectivity index (χ0) is 15.1. The summed E-state index contributed by atoms with van der Waals surface area (Å²) >= 11 is 0. The van der Waals surface area contributed by atoms with Crippen molar-refractivity contribution >= 4 is 11.6 Å². The van der Waals surface area contributed by atoms with E-state index in [2.05, 4.69) is 22.1 Å². The maximum Gasteiger partial charge on any atom is 0.257 e. The Bertz CT molecular complexity index is 685. The second-order valence-electron chi connectivity index (χ2n) is 4.38. The fourth-order valence-electron chi connectivity index (χ4n) is 1.92. The lowest BCUT2D eigenvalue weighted by atomic mass is 10.1. The van der Waals surface area contributed by atoms with Gasteiger partial charge in [0.05, 0.1) is 5.56 Å². The Balaban J connectivity index is 2.22. The summed E-state index contributed by atoms with van der Waals surface area (Å²) in [5.41, 5.74) is 3.10. The first-order chi connectivity index (χ1) is 10.2. The smallest absolute Gasteiger partial charge is 0.257 e. The number of carbonyl (C=O) groups excluding carboxylic acids is 1. The lowest BCUT2D eigenvalue weighted by Gasteiger charge is -2.10. The topological polar surface area (TPSA) is 62.2 Å². The van der Waals surface area contributed by atoms with Crippen molar-refractivity contribution in [1.82, 2.24) is 4.98 Å². The van der Waals surface area contributed by atoms with Crippen molar-refractivity contribution in [1.29, 1.82) is 0 Å². The van der Waals surface area contributed by atoms with Crippen molar-refractivity contribution in [2.24, 2.45) is 0 Å². The number of hydrogen-bond donors (Lipinski definition) is 2. The highest BCUT2D eigenvalue weighted by Crippen LogP contribution is 2.19. The molecule has 0 bridgehead atoms. The van der Waals surface area contributed by atoms with Gasteiger partial charge in [-0.05, 0) is 42.3 Å². The minimum atomic E-state index is -0.188. The van der Waals surface area contributed by atoms with E-state index in [0.717, 1.165) is 23.2 Å². The Morgan fingerprint density at radius 1 is 1.38 bits per heavy atom. The summed E-state index contributed by atoms with van der Waals surface area (Å²) in [6, 6.07) is 9.01. The first kappa shape index (κ1) is 14.8. The number of aliphatic hydroxyl groups is 1. The summed E-state index contributed by atoms with van der Waals surface area (Å²) < 4.78 is 0. The Morgan fingerprint density at radius 3 is 2.90 bits per heavy atom. The molecule has 0 aliphatic rings. The number of pyridine rings is 1. The summed E-state index contributed by atoms with van der Waals surface area (Å²) in [6.45, 7) is 1.85. The van der Waals surface area contributed by atoms with E-state index >= 15 is 0 Å². The highest BCUT2D eigenvalue weighted by atomic mass is 16.2. The number of anilines is 1. The molecule has 0 radical (unpaired) electrons. The van der Waals surface area contributed by atoms with Gasteiger partial charge in [0.25, 0.3) is 5.91 Å². The second kappa shape index (κ2) is 7.22. The van der Waals surface area contributed by atoms with Gasteiger partial charge in [-0.25, -0.2) is 0 Å². The number of rotatable bonds is 3. The van der Waals surface area contributed by atoms with Gasteiger partial charge >= 0.3 is 0 Å². The molecule has 0 spiro atoms. The van der Waals surface area contributed by atoms with E-state index in [1.807, 2.05) is 25.1 Å². The van der Waals surface area contributed by atoms with Crippen LogP contribution < -0.4 is 5.32 Å². The molecule has 0 saturated carbocycles. The number of aliphatic hydroxyl groups excluding tert-OH is 1. The molecule has 2 N–H and O–H groups in total. The van der Waals surface area contributed by atoms with Crippen LogP contribution in [0.5, 0.6) is 0 Å². The minimum Gasteiger partial charge on any atom is -0.384 e. The number of hydrogen-bond acceptors (Lipinski definition) is 3. The summed E-state index contributed by atoms with van der Waals surface area (Å²) in [4.78, 5) is 16.1. The number of aromatic nitrogens is 1. The molecular formula is C17H16N2O2. The molecule has 0 aliphatic heterocycles. The van der Waals surface area contributed by atoms with Gasteiger partial charge in [-0.15, -0.1) is 0 Å². The van der Waals surface area contributed by atoms with Crippen molar-refractivity contribution in [2.45, 2.75) is 13.3 Å². The summed E-state index contributed by atoms with van der Waals surface area (Å²) in [5.74, 6) is 5.28. The lowest BCUT2D eigenvalue weighted by Crippen LogP contribution is -2.13. The number of carbonyl (C=O) groups is 1. The average molecular weight is 280 g/mol. The molecule has 1 heterocycles. The van der Waals surface area contributed by atoms with Crippen LogP contribution in [-0.2, 0) is 6.42 Å². The largest absolute Gasteiger partial charge is 0.384 e. The molecule has 1 aromatic carbocycles. The molecule has 0 fully saturated rings. The predicted molar refractivity (Wildman–Crippen MR) is 82.0 cm³/mol. The van der Waals surface area contributed by atoms with Gasteiger partial charge in [-0.1, -0.05) is 18.8 Å². The van der Waals surface area contributed by atoms with E-state index in [4.69, 9.17) is 5.11 Å². The van der Waals surface area contributed by atoms with Crippen LogP contribution in [0.15, 0.2) is 42.7 Å². The van der Waals surface area contributed by atoms with Crippen LogP contribution in [0.1, 0.15) is 28.4 Å². The molecule has 0 unspecified atom stereocenters. The van der Waals surface area contributed by atoms with Crippen LogP contribution in [0.3, 0.4) is 0 Å². The molecule has 0 atom stereocenters. The van der Waals surface area contributed by atoms with Gasteiger partial charge in [0.15, 0.2) is 0 Å². The number of nitrogens with zero attached hydrogens (tertiary/aromatic N) is 1. The number of nitrogens with one attached hydrogen (secondary N) is 1. The lowest BCUT2D eigenvalue weighted by molar-refractivity contribution is 0.102. The Morgan fingerprint density at radius 2 is 2.24 bits per heavy atom. The molecule has 1 aromatic heterocycles. The van der Waals surface area contributed by atoms with E-state index in [0.29, 0.717) is 5.56 Å². The number of amides is 1. The molecule has 0 saturated heterocycles. The predicted octanol–water partition coefficient (Wildman–Crippen LogP) is 2.24. The third-order valence-corrected chi connectivity index (χ3v) is 2.97. The quantitative estimate of drug-likeness (QED) is 0.848. The first-order valence-electron chi connectivity index (χ1n) is 6.68. The molecule has 0 aliphatic carbocycles. The zero-order valence-corrected chi connectivity index (χ0v) is 11.8. The highest BCUT2D eigenvalue weighted by Gasteiger charge is 2.08. The van der Waals surface area contributed by atoms with Gasteiger partial charge in [0, 0.05) is 23.6 Å². The van der Waals surface area contributed by atoms with Crippen LogP contribution in [0.4, 0.5) is 5.69 Å². The van der Waals surface area contributed by atoms with E-state index in [9.17, 15) is 4.79 Å². The van der Waals surface area contributed by atoms with Crippen LogP contribution in [0.2, 0.25) is 0 Å². The summed E-state index contributed by atoms with van der Waals surface area (Å²) in [6.07, 6.45) is 3.93. The molecular weight excluding hydrogens is 264 g/mol. The fraction of sp³-hybridized carbons (Fsp3) is 0.176. The molecule has 4 heteroatoms. The van der Waals surface area contributed by atoms with Crippen molar-refractivity contribution in [3.8, 4) is 11.8 Å². The van der Waals surface area contributed by atoms with Gasteiger partial charge in [-0.3, -0.25) is 9.78 Å². The van der Waals surface area contributed by atoms with E-state index in [-0.39, 0.29) is 12.5 Å². The molecule has 2 aromatic rings. The van der Waals surface area contributed by atoms with Gasteiger partial charge in [0.1, 0.15) is 6.61 Å². The fourth-order valence-corrected chi connectivity index (χ4v) is 1.92. The Labute approximate surface area is 123 Å². The monoisotopic (exact) mass is 280 g/mol.